The van der Waals surface area contributed by atoms with Crippen molar-refractivity contribution < 1.29 is 49.3 Å². The molecule has 1 aromatic carbocycles. The van der Waals surface area contributed by atoms with Crippen LogP contribution >= 0.6 is 11.6 Å². The molecule has 2 fully saturated rings. The molecule has 0 spiro atoms. The zero-order chi connectivity index (χ0) is 37.0. The maximum absolute atomic E-state index is 13.4. The summed E-state index contributed by atoms with van der Waals surface area (Å²) in [6.45, 7) is 13.6. The lowest BCUT2D eigenvalue weighted by atomic mass is 9.78. The van der Waals surface area contributed by atoms with Gasteiger partial charge in [-0.05, 0) is 84.5 Å². The third kappa shape index (κ3) is 10.0. The molecule has 14 atom stereocenters. The van der Waals surface area contributed by atoms with Gasteiger partial charge in [-0.2, -0.15) is 0 Å². The van der Waals surface area contributed by atoms with E-state index in [0.717, 1.165) is 0 Å². The lowest BCUT2D eigenvalue weighted by molar-refractivity contribution is -0.298. The molecule has 7 N–H and O–H groups in total. The molecule has 0 unspecified atom stereocenters. The Morgan fingerprint density at radius 3 is 2.39 bits per heavy atom. The largest absolute Gasteiger partial charge is 0.459 e. The van der Waals surface area contributed by atoms with Crippen LogP contribution in [0.4, 0.5) is 10.5 Å². The zero-order valence-electron chi connectivity index (χ0n) is 30.2. The van der Waals surface area contributed by atoms with E-state index < -0.39 is 90.0 Å². The molecule has 13 nitrogen and oxygen atoms in total. The molecular formula is C35H58ClN3O10. The van der Waals surface area contributed by atoms with E-state index in [1.54, 1.807) is 65.9 Å². The topological polar surface area (TPSA) is 190 Å². The van der Waals surface area contributed by atoms with Gasteiger partial charge in [0.05, 0.1) is 35.9 Å². The predicted molar refractivity (Wildman–Crippen MR) is 185 cm³/mol. The van der Waals surface area contributed by atoms with E-state index in [4.69, 9.17) is 25.8 Å². The van der Waals surface area contributed by atoms with E-state index in [-0.39, 0.29) is 25.2 Å². The first-order valence-electron chi connectivity index (χ1n) is 17.2. The number of rotatable bonds is 5. The Labute approximate surface area is 295 Å². The molecule has 49 heavy (non-hydrogen) atoms. The molecule has 2 heterocycles. The van der Waals surface area contributed by atoms with Gasteiger partial charge in [-0.3, -0.25) is 4.79 Å². The number of anilines is 1. The number of benzene rings is 1. The number of halogens is 1. The Kier molecular flexibility index (Phi) is 14.3. The molecule has 2 aliphatic heterocycles. The van der Waals surface area contributed by atoms with E-state index in [2.05, 4.69) is 10.6 Å². The second-order valence-electron chi connectivity index (χ2n) is 14.7. The number of amides is 2. The third-order valence-electron chi connectivity index (χ3n) is 10.2. The van der Waals surface area contributed by atoms with E-state index in [9.17, 15) is 35.1 Å². The first-order valence-corrected chi connectivity index (χ1v) is 17.6. The van der Waals surface area contributed by atoms with Crippen molar-refractivity contribution in [2.24, 2.45) is 17.8 Å². The third-order valence-corrected chi connectivity index (χ3v) is 10.4. The number of esters is 1. The van der Waals surface area contributed by atoms with Crippen LogP contribution in [-0.2, 0) is 19.0 Å². The van der Waals surface area contributed by atoms with Crippen LogP contribution in [0, 0.1) is 17.8 Å². The zero-order valence-corrected chi connectivity index (χ0v) is 30.9. The Balaban J connectivity index is 1.92. The molecular weight excluding hydrogens is 658 g/mol. The second kappa shape index (κ2) is 17.0. The quantitative estimate of drug-likeness (QED) is 0.222. The summed E-state index contributed by atoms with van der Waals surface area (Å²) in [6.07, 6.45) is -7.41. The highest BCUT2D eigenvalue weighted by Gasteiger charge is 2.49. The van der Waals surface area contributed by atoms with Crippen molar-refractivity contribution in [2.45, 2.75) is 141 Å². The molecule has 280 valence electrons. The molecule has 2 saturated heterocycles. The van der Waals surface area contributed by atoms with E-state index in [0.29, 0.717) is 17.3 Å². The maximum atomic E-state index is 13.4. The number of carbonyl (C=O) groups excluding carboxylic acids is 2. The molecule has 0 aliphatic carbocycles. The Hall–Kier alpha value is -2.07. The number of urea groups is 1. The molecule has 0 aromatic heterocycles. The van der Waals surface area contributed by atoms with Gasteiger partial charge in [0.15, 0.2) is 6.29 Å². The van der Waals surface area contributed by atoms with Crippen molar-refractivity contribution in [1.82, 2.24) is 10.2 Å². The average Bonchev–Trinajstić information content (AvgIpc) is 3.03. The minimum Gasteiger partial charge on any atom is -0.459 e. The van der Waals surface area contributed by atoms with Crippen LogP contribution in [0.25, 0.3) is 0 Å². The monoisotopic (exact) mass is 715 g/mol. The second-order valence-corrected chi connectivity index (χ2v) is 15.2. The summed E-state index contributed by atoms with van der Waals surface area (Å²) in [5.74, 6) is -3.01. The molecule has 3 rings (SSSR count). The van der Waals surface area contributed by atoms with Crippen molar-refractivity contribution in [3.05, 3.63) is 29.3 Å². The minimum atomic E-state index is -1.80. The van der Waals surface area contributed by atoms with Gasteiger partial charge in [-0.1, -0.05) is 38.4 Å². The molecule has 14 heteroatoms. The molecule has 1 aromatic rings. The highest BCUT2D eigenvalue weighted by Crippen LogP contribution is 2.36. The fourth-order valence-electron chi connectivity index (χ4n) is 7.16. The van der Waals surface area contributed by atoms with Crippen molar-refractivity contribution in [1.29, 1.82) is 0 Å². The fraction of sp³-hybridized carbons (Fsp3) is 0.771. The molecule has 2 aliphatic rings. The number of likely N-dealkylation sites (N-methyl/N-ethyl adjacent to an activating group) is 1. The lowest BCUT2D eigenvalue weighted by Gasteiger charge is -2.47. The van der Waals surface area contributed by atoms with Gasteiger partial charge in [0.1, 0.15) is 23.9 Å². The molecule has 0 saturated carbocycles. The van der Waals surface area contributed by atoms with Crippen LogP contribution < -0.4 is 10.6 Å². The standard InChI is InChI=1S/C35H58ClN3O10/c1-10-26-35(8,46)29(42)22(6)37-17-18(2)16-34(7,45)30(20(4)27(40)21(5)31(43)48-26)49-32-28(41)25(14-19(3)47-32)39(9)33(44)38-24-13-11-12-23(36)15-24/h11-13,15,18-22,25-30,32,37,40-42,45-46H,10,14,16-17H2,1-9H3,(H,38,44)/t18-,19-,20+,21-,22-,25+,26-,27+,28-,29-,30-,32+,34-,35-/m1/s1. The number of nitrogens with one attached hydrogen (secondary N) is 2. The highest BCUT2D eigenvalue weighted by molar-refractivity contribution is 6.30. The Bertz CT molecular complexity index is 1250. The predicted octanol–water partition coefficient (Wildman–Crippen LogP) is 2.89. The van der Waals surface area contributed by atoms with Gasteiger partial charge in [0.2, 0.25) is 0 Å². The van der Waals surface area contributed by atoms with Gasteiger partial charge >= 0.3 is 12.0 Å². The number of hydrogen-bond donors (Lipinski definition) is 7. The summed E-state index contributed by atoms with van der Waals surface area (Å²) < 4.78 is 18.2. The van der Waals surface area contributed by atoms with Gasteiger partial charge < -0.3 is 55.3 Å². The summed E-state index contributed by atoms with van der Waals surface area (Å²) >= 11 is 6.07. The molecule has 0 bridgehead atoms. The number of ether oxygens (including phenoxy) is 3. The van der Waals surface area contributed by atoms with E-state index in [1.165, 1.54) is 18.7 Å². The summed E-state index contributed by atoms with van der Waals surface area (Å²) in [7, 11) is 1.55. The van der Waals surface area contributed by atoms with Crippen LogP contribution in [0.15, 0.2) is 24.3 Å². The first kappa shape index (κ1) is 41.4. The SMILES string of the molecule is CC[C@H]1OC(=O)[C@H](C)[C@@H](O)[C@H](C)[C@@H](O[C@@H]2O[C@H](C)C[C@H](N(C)C(=O)Nc3cccc(Cl)c3)[C@H]2O)[C@](C)(O)C[C@@H](C)CN[C@H](C)[C@@H](O)[C@]1(C)O. The van der Waals surface area contributed by atoms with Crippen LogP contribution in [0.5, 0.6) is 0 Å². The fourth-order valence-corrected chi connectivity index (χ4v) is 7.35. The van der Waals surface area contributed by atoms with Crippen LogP contribution in [0.3, 0.4) is 0 Å². The summed E-state index contributed by atoms with van der Waals surface area (Å²) in [5, 5.41) is 64.0. The van der Waals surface area contributed by atoms with Gasteiger partial charge in [0, 0.05) is 29.7 Å². The summed E-state index contributed by atoms with van der Waals surface area (Å²) in [6, 6.07) is 4.85. The van der Waals surface area contributed by atoms with Crippen molar-refractivity contribution in [3.63, 3.8) is 0 Å². The van der Waals surface area contributed by atoms with Gasteiger partial charge in [-0.25, -0.2) is 4.79 Å². The first-order chi connectivity index (χ1) is 22.7. The van der Waals surface area contributed by atoms with Crippen molar-refractivity contribution in [2.75, 3.05) is 18.9 Å². The van der Waals surface area contributed by atoms with Crippen molar-refractivity contribution >= 4 is 29.3 Å². The highest BCUT2D eigenvalue weighted by atomic mass is 35.5. The van der Waals surface area contributed by atoms with Crippen molar-refractivity contribution in [3.8, 4) is 0 Å². The summed E-state index contributed by atoms with van der Waals surface area (Å²) in [5.41, 5.74) is -2.94. The number of aliphatic hydroxyl groups excluding tert-OH is 3. The van der Waals surface area contributed by atoms with Crippen LogP contribution in [0.1, 0.15) is 74.7 Å². The Morgan fingerprint density at radius 2 is 1.78 bits per heavy atom. The van der Waals surface area contributed by atoms with Crippen LogP contribution in [-0.4, -0.2) is 122 Å². The number of aliphatic hydroxyl groups is 5. The normalized spacial score (nSPS) is 41.6. The number of hydrogen-bond acceptors (Lipinski definition) is 11. The number of carbonyl (C=O) groups is 2. The van der Waals surface area contributed by atoms with Gasteiger partial charge in [0.25, 0.3) is 0 Å². The van der Waals surface area contributed by atoms with E-state index in [1.807, 2.05) is 6.92 Å². The molecule has 0 radical (unpaired) electrons. The maximum Gasteiger partial charge on any atom is 0.321 e. The Morgan fingerprint density at radius 1 is 1.12 bits per heavy atom. The minimum absolute atomic E-state index is 0.154. The lowest BCUT2D eigenvalue weighted by Crippen LogP contribution is -2.60. The smallest absolute Gasteiger partial charge is 0.321 e. The van der Waals surface area contributed by atoms with E-state index >= 15 is 0 Å². The average molecular weight is 716 g/mol. The van der Waals surface area contributed by atoms with Crippen LogP contribution in [0.2, 0.25) is 5.02 Å². The summed E-state index contributed by atoms with van der Waals surface area (Å²) in [4.78, 5) is 28.0. The van der Waals surface area contributed by atoms with Gasteiger partial charge in [-0.15, -0.1) is 0 Å². The molecule has 2 amide bonds. The number of cyclic esters (lactones) is 1. The number of nitrogens with zero attached hydrogens (tertiary/aromatic N) is 1.